The number of aryl methyl sites for hydroxylation is 1. The maximum Gasteiger partial charge on any atom is 0.135 e. The summed E-state index contributed by atoms with van der Waals surface area (Å²) in [6.07, 6.45) is 3.75. The number of hydrogen-bond acceptors (Lipinski definition) is 5. The standard InChI is InChI=1S/C14H22N6/c1-5-15-13-11(3)14(19-12(4)18-13)17-10(2)9-20-8-6-7-16-20/h6-8,10H,5,9H2,1-4H3,(H2,15,17,18,19). The van der Waals surface area contributed by atoms with Crippen LogP contribution in [0, 0.1) is 13.8 Å². The van der Waals surface area contributed by atoms with Gasteiger partial charge in [0, 0.05) is 30.5 Å². The first kappa shape index (κ1) is 14.3. The summed E-state index contributed by atoms with van der Waals surface area (Å²) in [4.78, 5) is 8.92. The highest BCUT2D eigenvalue weighted by Crippen LogP contribution is 2.20. The highest BCUT2D eigenvalue weighted by molar-refractivity contribution is 5.57. The van der Waals surface area contributed by atoms with Gasteiger partial charge < -0.3 is 10.6 Å². The molecule has 1 unspecified atom stereocenters. The molecule has 2 heterocycles. The number of rotatable bonds is 6. The fourth-order valence-corrected chi connectivity index (χ4v) is 2.08. The monoisotopic (exact) mass is 274 g/mol. The maximum atomic E-state index is 4.49. The third-order valence-electron chi connectivity index (χ3n) is 3.01. The minimum absolute atomic E-state index is 0.234. The Bertz CT molecular complexity index is 549. The van der Waals surface area contributed by atoms with Gasteiger partial charge in [-0.25, -0.2) is 9.97 Å². The lowest BCUT2D eigenvalue weighted by Gasteiger charge is -2.18. The Morgan fingerprint density at radius 2 is 2.00 bits per heavy atom. The van der Waals surface area contributed by atoms with Crippen LogP contribution in [0.2, 0.25) is 0 Å². The van der Waals surface area contributed by atoms with Crippen LogP contribution in [0.1, 0.15) is 25.2 Å². The number of aromatic nitrogens is 4. The van der Waals surface area contributed by atoms with E-state index in [0.717, 1.165) is 36.1 Å². The van der Waals surface area contributed by atoms with Crippen LogP contribution >= 0.6 is 0 Å². The van der Waals surface area contributed by atoms with Crippen LogP contribution in [0.4, 0.5) is 11.6 Å². The van der Waals surface area contributed by atoms with Crippen molar-refractivity contribution in [1.82, 2.24) is 19.7 Å². The molecule has 6 nitrogen and oxygen atoms in total. The molecule has 0 bridgehead atoms. The Hall–Kier alpha value is -2.11. The highest BCUT2D eigenvalue weighted by Gasteiger charge is 2.11. The molecule has 0 saturated carbocycles. The van der Waals surface area contributed by atoms with Gasteiger partial charge in [-0.2, -0.15) is 5.10 Å². The lowest BCUT2D eigenvalue weighted by atomic mass is 10.2. The normalized spacial score (nSPS) is 12.2. The van der Waals surface area contributed by atoms with E-state index >= 15 is 0 Å². The average molecular weight is 274 g/mol. The maximum absolute atomic E-state index is 4.49. The van der Waals surface area contributed by atoms with E-state index in [1.807, 2.05) is 30.8 Å². The van der Waals surface area contributed by atoms with Crippen LogP contribution in [0.15, 0.2) is 18.5 Å². The van der Waals surface area contributed by atoms with Crippen molar-refractivity contribution in [3.05, 3.63) is 29.8 Å². The molecular weight excluding hydrogens is 252 g/mol. The largest absolute Gasteiger partial charge is 0.370 e. The van der Waals surface area contributed by atoms with Crippen molar-refractivity contribution in [3.8, 4) is 0 Å². The summed E-state index contributed by atoms with van der Waals surface area (Å²) in [5.41, 5.74) is 1.05. The predicted molar refractivity (Wildman–Crippen MR) is 81.0 cm³/mol. The summed E-state index contributed by atoms with van der Waals surface area (Å²) < 4.78 is 1.91. The van der Waals surface area contributed by atoms with Crippen molar-refractivity contribution in [3.63, 3.8) is 0 Å². The van der Waals surface area contributed by atoms with Gasteiger partial charge in [0.1, 0.15) is 17.5 Å². The van der Waals surface area contributed by atoms with Gasteiger partial charge in [-0.05, 0) is 33.8 Å². The van der Waals surface area contributed by atoms with E-state index in [1.165, 1.54) is 0 Å². The Kier molecular flexibility index (Phi) is 4.55. The Morgan fingerprint density at radius 3 is 2.65 bits per heavy atom. The van der Waals surface area contributed by atoms with Crippen LogP contribution in [0.5, 0.6) is 0 Å². The van der Waals surface area contributed by atoms with Crippen molar-refractivity contribution >= 4 is 11.6 Å². The third-order valence-corrected chi connectivity index (χ3v) is 3.01. The molecule has 0 saturated heterocycles. The fraction of sp³-hybridized carbons (Fsp3) is 0.500. The van der Waals surface area contributed by atoms with Crippen LogP contribution in [-0.2, 0) is 6.54 Å². The molecule has 0 aliphatic carbocycles. The van der Waals surface area contributed by atoms with Gasteiger partial charge >= 0.3 is 0 Å². The smallest absolute Gasteiger partial charge is 0.135 e. The zero-order valence-electron chi connectivity index (χ0n) is 12.5. The molecule has 0 aromatic carbocycles. The molecule has 2 rings (SSSR count). The summed E-state index contributed by atoms with van der Waals surface area (Å²) in [5, 5.41) is 10.9. The lowest BCUT2D eigenvalue weighted by molar-refractivity contribution is 0.559. The molecular formula is C14H22N6. The van der Waals surface area contributed by atoms with Gasteiger partial charge in [0.15, 0.2) is 0 Å². The Morgan fingerprint density at radius 1 is 1.25 bits per heavy atom. The number of anilines is 2. The SMILES string of the molecule is CCNc1nc(C)nc(NC(C)Cn2cccn2)c1C. The summed E-state index contributed by atoms with van der Waals surface area (Å²) in [6, 6.07) is 2.16. The molecule has 0 radical (unpaired) electrons. The van der Waals surface area contributed by atoms with Crippen LogP contribution in [0.25, 0.3) is 0 Å². The number of nitrogens with one attached hydrogen (secondary N) is 2. The third kappa shape index (κ3) is 3.46. The zero-order valence-corrected chi connectivity index (χ0v) is 12.5. The minimum atomic E-state index is 0.234. The summed E-state index contributed by atoms with van der Waals surface area (Å²) in [6.45, 7) is 9.76. The van der Waals surface area contributed by atoms with Gasteiger partial charge in [-0.3, -0.25) is 4.68 Å². The molecule has 2 aromatic rings. The summed E-state index contributed by atoms with van der Waals surface area (Å²) >= 11 is 0. The molecule has 0 fully saturated rings. The van der Waals surface area contributed by atoms with Gasteiger partial charge in [0.05, 0.1) is 6.54 Å². The molecule has 20 heavy (non-hydrogen) atoms. The van der Waals surface area contributed by atoms with E-state index in [0.29, 0.717) is 0 Å². The van der Waals surface area contributed by atoms with Crippen molar-refractivity contribution in [2.45, 2.75) is 40.3 Å². The van der Waals surface area contributed by atoms with Gasteiger partial charge in [-0.1, -0.05) is 0 Å². The van der Waals surface area contributed by atoms with Crippen LogP contribution < -0.4 is 10.6 Å². The molecule has 6 heteroatoms. The second-order valence-electron chi connectivity index (χ2n) is 4.90. The summed E-state index contributed by atoms with van der Waals surface area (Å²) in [5.74, 6) is 2.54. The topological polar surface area (TPSA) is 67.7 Å². The van der Waals surface area contributed by atoms with E-state index in [9.17, 15) is 0 Å². The van der Waals surface area contributed by atoms with E-state index in [4.69, 9.17) is 0 Å². The minimum Gasteiger partial charge on any atom is -0.370 e. The molecule has 2 aromatic heterocycles. The fourth-order valence-electron chi connectivity index (χ4n) is 2.08. The van der Waals surface area contributed by atoms with Crippen molar-refractivity contribution in [2.24, 2.45) is 0 Å². The van der Waals surface area contributed by atoms with Gasteiger partial charge in [-0.15, -0.1) is 0 Å². The second kappa shape index (κ2) is 6.36. The quantitative estimate of drug-likeness (QED) is 0.845. The molecule has 0 aliphatic heterocycles. The molecule has 0 amide bonds. The molecule has 108 valence electrons. The van der Waals surface area contributed by atoms with Gasteiger partial charge in [0.25, 0.3) is 0 Å². The highest BCUT2D eigenvalue weighted by atomic mass is 15.3. The average Bonchev–Trinajstić information content (AvgIpc) is 2.88. The second-order valence-corrected chi connectivity index (χ2v) is 4.90. The van der Waals surface area contributed by atoms with E-state index in [1.54, 1.807) is 6.20 Å². The summed E-state index contributed by atoms with van der Waals surface area (Å²) in [7, 11) is 0. The van der Waals surface area contributed by atoms with Gasteiger partial charge in [0.2, 0.25) is 0 Å². The molecule has 1 atom stereocenters. The Balaban J connectivity index is 2.11. The molecule has 2 N–H and O–H groups in total. The number of hydrogen-bond donors (Lipinski definition) is 2. The number of nitrogens with zero attached hydrogens (tertiary/aromatic N) is 4. The van der Waals surface area contributed by atoms with E-state index < -0.39 is 0 Å². The van der Waals surface area contributed by atoms with E-state index in [2.05, 4.69) is 39.5 Å². The van der Waals surface area contributed by atoms with Crippen LogP contribution in [0.3, 0.4) is 0 Å². The first-order valence-corrected chi connectivity index (χ1v) is 6.93. The van der Waals surface area contributed by atoms with Crippen molar-refractivity contribution in [1.29, 1.82) is 0 Å². The Labute approximate surface area is 119 Å². The van der Waals surface area contributed by atoms with Crippen molar-refractivity contribution in [2.75, 3.05) is 17.2 Å². The predicted octanol–water partition coefficient (Wildman–Crippen LogP) is 2.22. The lowest BCUT2D eigenvalue weighted by Crippen LogP contribution is -2.24. The van der Waals surface area contributed by atoms with E-state index in [-0.39, 0.29) is 6.04 Å². The van der Waals surface area contributed by atoms with Crippen LogP contribution in [-0.4, -0.2) is 32.3 Å². The first-order valence-electron chi connectivity index (χ1n) is 6.93. The first-order chi connectivity index (χ1) is 9.60. The van der Waals surface area contributed by atoms with Crippen molar-refractivity contribution < 1.29 is 0 Å². The zero-order chi connectivity index (χ0) is 14.5. The molecule has 0 aliphatic rings. The molecule has 0 spiro atoms.